The molecule has 0 heterocycles. The van der Waals surface area contributed by atoms with Crippen molar-refractivity contribution in [2.24, 2.45) is 0 Å². The second kappa shape index (κ2) is 5.93. The number of methoxy groups -OCH3 is 1. The molecule has 2 rings (SSSR count). The Bertz CT molecular complexity index is 429. The van der Waals surface area contributed by atoms with E-state index in [1.54, 1.807) is 7.11 Å². The van der Waals surface area contributed by atoms with E-state index in [1.807, 2.05) is 19.9 Å². The van der Waals surface area contributed by atoms with Crippen molar-refractivity contribution in [3.63, 3.8) is 0 Å². The van der Waals surface area contributed by atoms with Crippen LogP contribution >= 0.6 is 0 Å². The van der Waals surface area contributed by atoms with Crippen LogP contribution in [0.4, 0.5) is 0 Å². The van der Waals surface area contributed by atoms with Crippen LogP contribution in [0.3, 0.4) is 0 Å². The Morgan fingerprint density at radius 2 is 2.21 bits per heavy atom. The lowest BCUT2D eigenvalue weighted by molar-refractivity contribution is 0.0523. The van der Waals surface area contributed by atoms with Crippen molar-refractivity contribution in [3.05, 3.63) is 29.3 Å². The molecule has 1 aliphatic carbocycles. The molecule has 2 unspecified atom stereocenters. The first-order valence-electron chi connectivity index (χ1n) is 7.15. The van der Waals surface area contributed by atoms with E-state index >= 15 is 0 Å². The van der Waals surface area contributed by atoms with Gasteiger partial charge in [-0.15, -0.1) is 0 Å². The lowest BCUT2D eigenvalue weighted by atomic mass is 9.87. The molecule has 3 heteroatoms. The molecule has 0 spiro atoms. The Hall–Kier alpha value is -1.06. The second-order valence-electron chi connectivity index (χ2n) is 5.81. The third-order valence-corrected chi connectivity index (χ3v) is 4.18. The number of ether oxygens (including phenoxy) is 1. The minimum Gasteiger partial charge on any atom is -0.497 e. The molecule has 3 nitrogen and oxygen atoms in total. The molecule has 1 aromatic rings. The molecule has 1 aromatic carbocycles. The van der Waals surface area contributed by atoms with E-state index in [-0.39, 0.29) is 0 Å². The van der Waals surface area contributed by atoms with Gasteiger partial charge in [-0.3, -0.25) is 0 Å². The molecular formula is C16H25NO2. The molecule has 0 aliphatic heterocycles. The highest BCUT2D eigenvalue weighted by Crippen LogP contribution is 2.25. The number of aryl methyl sites for hydroxylation is 1. The van der Waals surface area contributed by atoms with E-state index in [0.29, 0.717) is 12.6 Å². The summed E-state index contributed by atoms with van der Waals surface area (Å²) >= 11 is 0. The Labute approximate surface area is 116 Å². The maximum absolute atomic E-state index is 10.0. The van der Waals surface area contributed by atoms with Crippen molar-refractivity contribution in [1.82, 2.24) is 5.32 Å². The molecule has 0 bridgehead atoms. The van der Waals surface area contributed by atoms with E-state index in [0.717, 1.165) is 31.4 Å². The van der Waals surface area contributed by atoms with Crippen molar-refractivity contribution < 1.29 is 9.84 Å². The van der Waals surface area contributed by atoms with E-state index < -0.39 is 5.60 Å². The van der Waals surface area contributed by atoms with E-state index in [1.165, 1.54) is 11.1 Å². The van der Waals surface area contributed by atoms with Crippen LogP contribution in [0.5, 0.6) is 5.75 Å². The number of benzene rings is 1. The highest BCUT2D eigenvalue weighted by atomic mass is 16.5. The molecule has 0 amide bonds. The van der Waals surface area contributed by atoms with Crippen molar-refractivity contribution in [1.29, 1.82) is 0 Å². The Balaban J connectivity index is 1.97. The normalized spacial score (nSPS) is 21.6. The van der Waals surface area contributed by atoms with Gasteiger partial charge < -0.3 is 15.2 Å². The van der Waals surface area contributed by atoms with E-state index in [2.05, 4.69) is 17.4 Å². The van der Waals surface area contributed by atoms with E-state index in [4.69, 9.17) is 4.74 Å². The summed E-state index contributed by atoms with van der Waals surface area (Å²) in [5, 5.41) is 13.5. The molecular weight excluding hydrogens is 238 g/mol. The third kappa shape index (κ3) is 3.71. The zero-order valence-electron chi connectivity index (χ0n) is 12.2. The number of hydrogen-bond donors (Lipinski definition) is 2. The zero-order chi connectivity index (χ0) is 13.9. The van der Waals surface area contributed by atoms with Crippen molar-refractivity contribution in [2.45, 2.75) is 51.2 Å². The summed E-state index contributed by atoms with van der Waals surface area (Å²) < 4.78 is 5.29. The predicted octanol–water partition coefficient (Wildman–Crippen LogP) is 2.30. The summed E-state index contributed by atoms with van der Waals surface area (Å²) in [6.07, 6.45) is 4.04. The molecule has 1 aliphatic rings. The van der Waals surface area contributed by atoms with Crippen LogP contribution in [0.1, 0.15) is 37.8 Å². The summed E-state index contributed by atoms with van der Waals surface area (Å²) in [7, 11) is 1.71. The Morgan fingerprint density at radius 1 is 1.42 bits per heavy atom. The van der Waals surface area contributed by atoms with Gasteiger partial charge in [-0.05, 0) is 55.9 Å². The summed E-state index contributed by atoms with van der Waals surface area (Å²) in [4.78, 5) is 0. The maximum Gasteiger partial charge on any atom is 0.119 e. The molecule has 0 saturated carbocycles. The smallest absolute Gasteiger partial charge is 0.119 e. The van der Waals surface area contributed by atoms with Crippen LogP contribution in [0.2, 0.25) is 0 Å². The number of fused-ring (bicyclic) bond motifs is 1. The molecule has 2 atom stereocenters. The van der Waals surface area contributed by atoms with Crippen molar-refractivity contribution >= 4 is 0 Å². The first-order valence-corrected chi connectivity index (χ1v) is 7.15. The lowest BCUT2D eigenvalue weighted by Crippen LogP contribution is -2.44. The van der Waals surface area contributed by atoms with Crippen LogP contribution in [-0.4, -0.2) is 30.4 Å². The van der Waals surface area contributed by atoms with Crippen molar-refractivity contribution in [2.75, 3.05) is 13.7 Å². The van der Waals surface area contributed by atoms with Crippen molar-refractivity contribution in [3.8, 4) is 5.75 Å². The summed E-state index contributed by atoms with van der Waals surface area (Å²) in [6.45, 7) is 4.57. The monoisotopic (exact) mass is 263 g/mol. The van der Waals surface area contributed by atoms with Gasteiger partial charge in [-0.25, -0.2) is 0 Å². The number of hydrogen-bond acceptors (Lipinski definition) is 3. The molecule has 0 aromatic heterocycles. The van der Waals surface area contributed by atoms with Gasteiger partial charge in [-0.1, -0.05) is 13.0 Å². The fourth-order valence-corrected chi connectivity index (χ4v) is 2.52. The summed E-state index contributed by atoms with van der Waals surface area (Å²) in [6, 6.07) is 6.81. The van der Waals surface area contributed by atoms with Gasteiger partial charge in [0.1, 0.15) is 5.75 Å². The summed E-state index contributed by atoms with van der Waals surface area (Å²) in [5.41, 5.74) is 2.20. The molecule has 0 radical (unpaired) electrons. The highest BCUT2D eigenvalue weighted by molar-refractivity contribution is 5.37. The minimum absolute atomic E-state index is 0.456. The van der Waals surface area contributed by atoms with Gasteiger partial charge in [0.15, 0.2) is 0 Å². The highest BCUT2D eigenvalue weighted by Gasteiger charge is 2.23. The van der Waals surface area contributed by atoms with Gasteiger partial charge >= 0.3 is 0 Å². The number of nitrogens with one attached hydrogen (secondary N) is 1. The van der Waals surface area contributed by atoms with Crippen LogP contribution < -0.4 is 10.1 Å². The largest absolute Gasteiger partial charge is 0.497 e. The number of aliphatic hydroxyl groups is 1. The van der Waals surface area contributed by atoms with Crippen LogP contribution in [0.15, 0.2) is 18.2 Å². The second-order valence-corrected chi connectivity index (χ2v) is 5.81. The average Bonchev–Trinajstić information content (AvgIpc) is 2.44. The van der Waals surface area contributed by atoms with Gasteiger partial charge in [0, 0.05) is 12.6 Å². The fourth-order valence-electron chi connectivity index (χ4n) is 2.52. The molecule has 106 valence electrons. The third-order valence-electron chi connectivity index (χ3n) is 4.18. The standard InChI is InChI=1S/C16H25NO2/c1-4-16(2,18)11-17-14-7-5-12-6-8-15(19-3)10-13(12)9-14/h6,8,10,14,17-18H,4-5,7,9,11H2,1-3H3. The van der Waals surface area contributed by atoms with Crippen LogP contribution in [0.25, 0.3) is 0 Å². The van der Waals surface area contributed by atoms with Crippen LogP contribution in [0, 0.1) is 0 Å². The van der Waals surface area contributed by atoms with Gasteiger partial charge in [-0.2, -0.15) is 0 Å². The molecule has 2 N–H and O–H groups in total. The topological polar surface area (TPSA) is 41.5 Å². The fraction of sp³-hybridized carbons (Fsp3) is 0.625. The molecule has 0 saturated heterocycles. The van der Waals surface area contributed by atoms with Gasteiger partial charge in [0.25, 0.3) is 0 Å². The van der Waals surface area contributed by atoms with Gasteiger partial charge in [0.05, 0.1) is 12.7 Å². The van der Waals surface area contributed by atoms with Crippen LogP contribution in [-0.2, 0) is 12.8 Å². The quantitative estimate of drug-likeness (QED) is 0.856. The number of rotatable bonds is 5. The Kier molecular flexibility index (Phi) is 4.48. The molecule has 0 fully saturated rings. The lowest BCUT2D eigenvalue weighted by Gasteiger charge is -2.30. The van der Waals surface area contributed by atoms with E-state index in [9.17, 15) is 5.11 Å². The predicted molar refractivity (Wildman–Crippen MR) is 77.7 cm³/mol. The maximum atomic E-state index is 10.0. The minimum atomic E-state index is -0.603. The SMILES string of the molecule is CCC(C)(O)CNC1CCc2ccc(OC)cc2C1. The van der Waals surface area contributed by atoms with Gasteiger partial charge in [0.2, 0.25) is 0 Å². The zero-order valence-corrected chi connectivity index (χ0v) is 12.2. The first-order chi connectivity index (χ1) is 9.04. The summed E-state index contributed by atoms with van der Waals surface area (Å²) in [5.74, 6) is 0.931. The molecule has 19 heavy (non-hydrogen) atoms. The Morgan fingerprint density at radius 3 is 2.89 bits per heavy atom. The first kappa shape index (κ1) is 14.4. The average molecular weight is 263 g/mol.